The molecule has 6 nitrogen and oxygen atoms in total. The highest BCUT2D eigenvalue weighted by Gasteiger charge is 2.33. The van der Waals surface area contributed by atoms with Crippen molar-refractivity contribution in [2.45, 2.75) is 52.1 Å². The van der Waals surface area contributed by atoms with Gasteiger partial charge in [-0.1, -0.05) is 0 Å². The molecule has 2 N–H and O–H groups in total. The second-order valence-corrected chi connectivity index (χ2v) is 7.56. The average molecular weight is 535 g/mol. The number of alkyl halides is 3. The first-order valence-corrected chi connectivity index (χ1v) is 10.1. The molecule has 0 aliphatic carbocycles. The maximum Gasteiger partial charge on any atom is 0.434 e. The number of nitrogens with zero attached hydrogens (tertiary/aromatic N) is 3. The molecule has 2 rings (SSSR count). The third-order valence-electron chi connectivity index (χ3n) is 4.00. The summed E-state index contributed by atoms with van der Waals surface area (Å²) in [6, 6.07) is 0. The molecule has 0 spiro atoms. The van der Waals surface area contributed by atoms with E-state index in [0.29, 0.717) is 17.5 Å². The lowest BCUT2D eigenvalue weighted by Crippen LogP contribution is -2.46. The Morgan fingerprint density at radius 3 is 2.57 bits per heavy atom. The SMILES string of the molecule is CCNC(=NCc1nc(C(F)(F)F)cs1)NCCCN1CC(C)OC(C)C1.I. The predicted octanol–water partition coefficient (Wildman–Crippen LogP) is 3.33. The quantitative estimate of drug-likeness (QED) is 0.243. The largest absolute Gasteiger partial charge is 0.434 e. The van der Waals surface area contributed by atoms with Gasteiger partial charge >= 0.3 is 6.18 Å². The topological polar surface area (TPSA) is 61.8 Å². The van der Waals surface area contributed by atoms with Crippen LogP contribution in [0.15, 0.2) is 10.4 Å². The van der Waals surface area contributed by atoms with Gasteiger partial charge in [-0.3, -0.25) is 4.90 Å². The first kappa shape index (κ1) is 25.4. The van der Waals surface area contributed by atoms with Crippen LogP contribution in [0.5, 0.6) is 0 Å². The Hall–Kier alpha value is -0.660. The molecule has 0 saturated carbocycles. The molecule has 28 heavy (non-hydrogen) atoms. The van der Waals surface area contributed by atoms with Crippen molar-refractivity contribution in [3.63, 3.8) is 0 Å². The van der Waals surface area contributed by atoms with Gasteiger partial charge in [0.25, 0.3) is 0 Å². The Bertz CT molecular complexity index is 604. The lowest BCUT2D eigenvalue weighted by Gasteiger charge is -2.35. The molecule has 2 heterocycles. The van der Waals surface area contributed by atoms with Crippen LogP contribution < -0.4 is 10.6 Å². The van der Waals surface area contributed by atoms with Crippen molar-refractivity contribution in [1.82, 2.24) is 20.5 Å². The molecule has 1 fully saturated rings. The zero-order valence-electron chi connectivity index (χ0n) is 16.4. The number of morpholine rings is 1. The van der Waals surface area contributed by atoms with Gasteiger partial charge in [0.1, 0.15) is 5.01 Å². The zero-order chi connectivity index (χ0) is 19.9. The van der Waals surface area contributed by atoms with Crippen LogP contribution >= 0.6 is 35.3 Å². The normalized spacial score (nSPS) is 21.3. The molecule has 1 aromatic rings. The summed E-state index contributed by atoms with van der Waals surface area (Å²) in [4.78, 5) is 10.3. The first-order chi connectivity index (χ1) is 12.8. The number of hydrogen-bond donors (Lipinski definition) is 2. The predicted molar refractivity (Wildman–Crippen MR) is 116 cm³/mol. The van der Waals surface area contributed by atoms with E-state index in [0.717, 1.165) is 49.3 Å². The Balaban J connectivity index is 0.00000392. The molecule has 0 aromatic carbocycles. The van der Waals surface area contributed by atoms with E-state index in [1.54, 1.807) is 0 Å². The van der Waals surface area contributed by atoms with Crippen molar-refractivity contribution in [3.8, 4) is 0 Å². The van der Waals surface area contributed by atoms with Crippen molar-refractivity contribution >= 4 is 41.3 Å². The minimum Gasteiger partial charge on any atom is -0.373 e. The summed E-state index contributed by atoms with van der Waals surface area (Å²) in [6.07, 6.45) is -2.96. The number of thiazole rings is 1. The van der Waals surface area contributed by atoms with E-state index in [1.165, 1.54) is 0 Å². The van der Waals surface area contributed by atoms with Gasteiger partial charge in [-0.15, -0.1) is 35.3 Å². The van der Waals surface area contributed by atoms with Gasteiger partial charge < -0.3 is 15.4 Å². The van der Waals surface area contributed by atoms with Crippen molar-refractivity contribution in [1.29, 1.82) is 0 Å². The molecule has 162 valence electrons. The van der Waals surface area contributed by atoms with Crippen LogP contribution in [0.3, 0.4) is 0 Å². The fourth-order valence-corrected chi connectivity index (χ4v) is 3.70. The van der Waals surface area contributed by atoms with Crippen molar-refractivity contribution in [3.05, 3.63) is 16.1 Å². The monoisotopic (exact) mass is 535 g/mol. The summed E-state index contributed by atoms with van der Waals surface area (Å²) in [5.74, 6) is 0.588. The molecule has 1 aliphatic heterocycles. The van der Waals surface area contributed by atoms with Crippen LogP contribution in [0.25, 0.3) is 0 Å². The van der Waals surface area contributed by atoms with Gasteiger partial charge in [0.15, 0.2) is 11.7 Å². The number of aliphatic imine (C=N–C) groups is 1. The molecule has 1 saturated heterocycles. The van der Waals surface area contributed by atoms with Crippen molar-refractivity contribution in [2.24, 2.45) is 4.99 Å². The van der Waals surface area contributed by atoms with E-state index >= 15 is 0 Å². The highest BCUT2D eigenvalue weighted by Crippen LogP contribution is 2.30. The van der Waals surface area contributed by atoms with Gasteiger partial charge in [-0.25, -0.2) is 9.98 Å². The number of hydrogen-bond acceptors (Lipinski definition) is 5. The van der Waals surface area contributed by atoms with Crippen LogP contribution in [0, 0.1) is 0 Å². The minimum atomic E-state index is -4.41. The lowest BCUT2D eigenvalue weighted by atomic mass is 10.2. The third kappa shape index (κ3) is 8.78. The molecule has 2 atom stereocenters. The highest BCUT2D eigenvalue weighted by molar-refractivity contribution is 14.0. The molecular weight excluding hydrogens is 506 g/mol. The number of halogens is 4. The van der Waals surface area contributed by atoms with Gasteiger partial charge in [-0.2, -0.15) is 13.2 Å². The smallest absolute Gasteiger partial charge is 0.373 e. The van der Waals surface area contributed by atoms with Gasteiger partial charge in [0.05, 0.1) is 18.8 Å². The highest BCUT2D eigenvalue weighted by atomic mass is 127. The summed E-state index contributed by atoms with van der Waals surface area (Å²) in [5, 5.41) is 7.69. The zero-order valence-corrected chi connectivity index (χ0v) is 19.5. The van der Waals surface area contributed by atoms with E-state index in [1.807, 2.05) is 6.92 Å². The molecule has 1 aromatic heterocycles. The van der Waals surface area contributed by atoms with E-state index in [4.69, 9.17) is 4.74 Å². The summed E-state index contributed by atoms with van der Waals surface area (Å²) in [5.41, 5.74) is -0.857. The van der Waals surface area contributed by atoms with Crippen molar-refractivity contribution < 1.29 is 17.9 Å². The minimum absolute atomic E-state index is 0. The van der Waals surface area contributed by atoms with E-state index < -0.39 is 11.9 Å². The first-order valence-electron chi connectivity index (χ1n) is 9.19. The Morgan fingerprint density at radius 1 is 1.32 bits per heavy atom. The summed E-state index contributed by atoms with van der Waals surface area (Å²) >= 11 is 0.972. The number of aromatic nitrogens is 1. The maximum atomic E-state index is 12.6. The third-order valence-corrected chi connectivity index (χ3v) is 4.83. The summed E-state index contributed by atoms with van der Waals surface area (Å²) in [7, 11) is 0. The standard InChI is InChI=1S/C17H28F3N5OS.HI/c1-4-21-16(23-8-15-24-14(11-27-15)17(18,19)20)22-6-5-7-25-9-12(2)26-13(3)10-25;/h11-13H,4-10H2,1-3H3,(H2,21,22,23);1H. The Labute approximate surface area is 185 Å². The molecule has 1 aliphatic rings. The summed E-state index contributed by atoms with van der Waals surface area (Å²) < 4.78 is 43.5. The maximum absolute atomic E-state index is 12.6. The Morgan fingerprint density at radius 2 is 2.00 bits per heavy atom. The second-order valence-electron chi connectivity index (χ2n) is 6.62. The lowest BCUT2D eigenvalue weighted by molar-refractivity contribution is -0.140. The molecule has 0 bridgehead atoms. The average Bonchev–Trinajstić information content (AvgIpc) is 3.05. The van der Waals surface area contributed by atoms with Gasteiger partial charge in [-0.05, 0) is 27.2 Å². The summed E-state index contributed by atoms with van der Waals surface area (Å²) in [6.45, 7) is 10.5. The Kier molecular flexibility index (Phi) is 11.0. The number of nitrogens with one attached hydrogen (secondary N) is 2. The fourth-order valence-electron chi connectivity index (χ4n) is 2.98. The van der Waals surface area contributed by atoms with Crippen LogP contribution in [-0.4, -0.2) is 60.8 Å². The fraction of sp³-hybridized carbons (Fsp3) is 0.765. The molecule has 2 unspecified atom stereocenters. The molecule has 0 radical (unpaired) electrons. The molecule has 11 heteroatoms. The van der Waals surface area contributed by atoms with E-state index in [9.17, 15) is 13.2 Å². The van der Waals surface area contributed by atoms with Crippen molar-refractivity contribution in [2.75, 3.05) is 32.7 Å². The van der Waals surface area contributed by atoms with Crippen LogP contribution in [-0.2, 0) is 17.5 Å². The number of ether oxygens (including phenoxy) is 1. The van der Waals surface area contributed by atoms with Crippen LogP contribution in [0.1, 0.15) is 37.9 Å². The van der Waals surface area contributed by atoms with Crippen LogP contribution in [0.4, 0.5) is 13.2 Å². The number of rotatable bonds is 7. The van der Waals surface area contributed by atoms with E-state index in [2.05, 4.69) is 39.4 Å². The van der Waals surface area contributed by atoms with Gasteiger partial charge in [0, 0.05) is 38.1 Å². The van der Waals surface area contributed by atoms with E-state index in [-0.39, 0.29) is 42.7 Å². The molecular formula is C17H29F3IN5OS. The van der Waals surface area contributed by atoms with Crippen LogP contribution in [0.2, 0.25) is 0 Å². The second kappa shape index (κ2) is 12.1. The number of guanidine groups is 1. The van der Waals surface area contributed by atoms with Gasteiger partial charge in [0.2, 0.25) is 0 Å². The molecule has 0 amide bonds.